The zero-order chi connectivity index (χ0) is 18.8. The Hall–Kier alpha value is -2.90. The number of hydrogen-bond acceptors (Lipinski definition) is 5. The lowest BCUT2D eigenvalue weighted by molar-refractivity contribution is 0.102. The molecule has 2 aromatic carbocycles. The highest BCUT2D eigenvalue weighted by atomic mass is 32.2. The number of nitrogens with one attached hydrogen (secondary N) is 2. The number of benzene rings is 2. The second-order valence-corrected chi connectivity index (χ2v) is 7.54. The fourth-order valence-electron chi connectivity index (χ4n) is 2.73. The summed E-state index contributed by atoms with van der Waals surface area (Å²) in [5.41, 5.74) is 2.23. The van der Waals surface area contributed by atoms with Crippen LogP contribution in [0, 0.1) is 0 Å². The highest BCUT2D eigenvalue weighted by Crippen LogP contribution is 2.27. The van der Waals surface area contributed by atoms with Crippen LogP contribution in [0.25, 0.3) is 22.2 Å². The second kappa shape index (κ2) is 7.38. The van der Waals surface area contributed by atoms with Crippen molar-refractivity contribution in [1.29, 1.82) is 0 Å². The molecule has 0 aliphatic heterocycles. The molecule has 0 aliphatic rings. The van der Waals surface area contributed by atoms with E-state index < -0.39 is 5.91 Å². The van der Waals surface area contributed by atoms with Gasteiger partial charge in [-0.15, -0.1) is 23.1 Å². The van der Waals surface area contributed by atoms with Crippen LogP contribution in [0.5, 0.6) is 0 Å². The van der Waals surface area contributed by atoms with E-state index in [4.69, 9.17) is 0 Å². The Bertz CT molecular complexity index is 1180. The summed E-state index contributed by atoms with van der Waals surface area (Å²) in [5, 5.41) is 5.54. The Balaban J connectivity index is 1.58. The predicted molar refractivity (Wildman–Crippen MR) is 112 cm³/mol. The van der Waals surface area contributed by atoms with Gasteiger partial charge in [0, 0.05) is 32.9 Å². The number of para-hydroxylation sites is 1. The summed E-state index contributed by atoms with van der Waals surface area (Å²) < 4.78 is 0. The maximum Gasteiger partial charge on any atom is 0.262 e. The monoisotopic (exact) mass is 393 g/mol. The molecule has 7 heteroatoms. The van der Waals surface area contributed by atoms with Gasteiger partial charge in [-0.25, -0.2) is 4.98 Å². The van der Waals surface area contributed by atoms with Crippen LogP contribution in [0.2, 0.25) is 0 Å². The quantitative estimate of drug-likeness (QED) is 0.496. The number of thioether (sulfide) groups is 1. The maximum absolute atomic E-state index is 12.5. The minimum absolute atomic E-state index is 0.0646. The first-order valence-electron chi connectivity index (χ1n) is 8.17. The van der Waals surface area contributed by atoms with Crippen molar-refractivity contribution in [3.63, 3.8) is 0 Å². The number of thiazole rings is 1. The lowest BCUT2D eigenvalue weighted by Gasteiger charge is -2.03. The Morgan fingerprint density at radius 2 is 1.93 bits per heavy atom. The molecule has 2 aromatic heterocycles. The summed E-state index contributed by atoms with van der Waals surface area (Å²) >= 11 is 3.00. The number of carbonyl (C=O) groups excluding carboxylic acids is 1. The molecule has 0 bridgehead atoms. The molecule has 5 nitrogen and oxygen atoms in total. The molecule has 4 aromatic rings. The minimum atomic E-state index is -0.472. The van der Waals surface area contributed by atoms with Gasteiger partial charge in [0.2, 0.25) is 5.43 Å². The summed E-state index contributed by atoms with van der Waals surface area (Å²) in [6, 6.07) is 15.2. The second-order valence-electron chi connectivity index (χ2n) is 5.80. The molecule has 0 radical (unpaired) electrons. The van der Waals surface area contributed by atoms with Crippen LogP contribution in [-0.2, 0) is 0 Å². The first kappa shape index (κ1) is 17.5. The Labute approximate surface area is 163 Å². The summed E-state index contributed by atoms with van der Waals surface area (Å²) in [6.45, 7) is 0. The first-order valence-corrected chi connectivity index (χ1v) is 10.3. The van der Waals surface area contributed by atoms with Crippen molar-refractivity contribution >= 4 is 45.0 Å². The molecule has 0 spiro atoms. The summed E-state index contributed by atoms with van der Waals surface area (Å²) in [7, 11) is 0. The van der Waals surface area contributed by atoms with E-state index in [1.165, 1.54) is 22.4 Å². The van der Waals surface area contributed by atoms with Crippen molar-refractivity contribution in [3.8, 4) is 11.3 Å². The van der Waals surface area contributed by atoms with Crippen molar-refractivity contribution in [2.24, 2.45) is 0 Å². The van der Waals surface area contributed by atoms with E-state index in [1.807, 2.05) is 42.0 Å². The molecule has 2 heterocycles. The van der Waals surface area contributed by atoms with E-state index in [2.05, 4.69) is 15.3 Å². The standard InChI is InChI=1S/C20H15N3O2S2/c1-26-13-8-6-12(7-9-13)17-11-27-20(22-17)23-19(25)15-10-21-16-5-3-2-4-14(16)18(15)24/h2-11H,1H3,(H,21,24)(H,22,23,25). The molecule has 134 valence electrons. The third-order valence-corrected chi connectivity index (χ3v) is 5.64. The van der Waals surface area contributed by atoms with E-state index in [0.29, 0.717) is 16.0 Å². The predicted octanol–water partition coefficient (Wildman–Crippen LogP) is 4.63. The molecule has 0 aliphatic carbocycles. The van der Waals surface area contributed by atoms with Gasteiger partial charge in [-0.05, 0) is 30.5 Å². The van der Waals surface area contributed by atoms with E-state index in [-0.39, 0.29) is 11.0 Å². The number of pyridine rings is 1. The zero-order valence-electron chi connectivity index (χ0n) is 14.4. The van der Waals surface area contributed by atoms with Crippen LogP contribution >= 0.6 is 23.1 Å². The summed E-state index contributed by atoms with van der Waals surface area (Å²) in [4.78, 5) is 33.7. The smallest absolute Gasteiger partial charge is 0.262 e. The first-order chi connectivity index (χ1) is 13.2. The number of amides is 1. The molecule has 4 rings (SSSR count). The highest BCUT2D eigenvalue weighted by Gasteiger charge is 2.15. The van der Waals surface area contributed by atoms with Crippen LogP contribution < -0.4 is 10.7 Å². The lowest BCUT2D eigenvalue weighted by Crippen LogP contribution is -2.21. The number of aromatic nitrogens is 2. The van der Waals surface area contributed by atoms with Crippen molar-refractivity contribution in [3.05, 3.63) is 75.9 Å². The third-order valence-electron chi connectivity index (χ3n) is 4.14. The molecule has 0 saturated carbocycles. The van der Waals surface area contributed by atoms with Gasteiger partial charge in [0.05, 0.1) is 5.69 Å². The number of rotatable bonds is 4. The number of anilines is 1. The molecule has 0 unspecified atom stereocenters. The maximum atomic E-state index is 12.5. The molecule has 0 fully saturated rings. The van der Waals surface area contributed by atoms with Crippen LogP contribution in [0.3, 0.4) is 0 Å². The van der Waals surface area contributed by atoms with Crippen LogP contribution in [-0.4, -0.2) is 22.1 Å². The van der Waals surface area contributed by atoms with Crippen LogP contribution in [0.4, 0.5) is 5.13 Å². The molecular weight excluding hydrogens is 378 g/mol. The number of hydrogen-bond donors (Lipinski definition) is 2. The zero-order valence-corrected chi connectivity index (χ0v) is 16.0. The average Bonchev–Trinajstić information content (AvgIpc) is 3.17. The van der Waals surface area contributed by atoms with Gasteiger partial charge >= 0.3 is 0 Å². The molecule has 1 amide bonds. The summed E-state index contributed by atoms with van der Waals surface area (Å²) in [6.07, 6.45) is 3.47. The average molecular weight is 393 g/mol. The fourth-order valence-corrected chi connectivity index (χ4v) is 3.85. The summed E-state index contributed by atoms with van der Waals surface area (Å²) in [5.74, 6) is -0.472. The van der Waals surface area contributed by atoms with Gasteiger partial charge in [-0.3, -0.25) is 14.9 Å². The number of fused-ring (bicyclic) bond motifs is 1. The van der Waals surface area contributed by atoms with Crippen molar-refractivity contribution in [2.45, 2.75) is 4.90 Å². The number of carbonyl (C=O) groups is 1. The molecule has 0 atom stereocenters. The van der Waals surface area contributed by atoms with Crippen LogP contribution in [0.1, 0.15) is 10.4 Å². The molecule has 27 heavy (non-hydrogen) atoms. The Morgan fingerprint density at radius 3 is 2.70 bits per heavy atom. The van der Waals surface area contributed by atoms with Gasteiger partial charge in [0.1, 0.15) is 5.56 Å². The topological polar surface area (TPSA) is 74.8 Å². The number of nitrogens with zero attached hydrogens (tertiary/aromatic N) is 1. The molecular formula is C20H15N3O2S2. The van der Waals surface area contributed by atoms with Crippen LogP contribution in [0.15, 0.2) is 69.8 Å². The van der Waals surface area contributed by atoms with Gasteiger partial charge in [-0.2, -0.15) is 0 Å². The van der Waals surface area contributed by atoms with Crippen molar-refractivity contribution in [1.82, 2.24) is 9.97 Å². The number of aromatic amines is 1. The largest absolute Gasteiger partial charge is 0.360 e. The fraction of sp³-hybridized carbons (Fsp3) is 0.0500. The van der Waals surface area contributed by atoms with E-state index in [1.54, 1.807) is 30.0 Å². The van der Waals surface area contributed by atoms with Gasteiger partial charge in [-0.1, -0.05) is 24.3 Å². The van der Waals surface area contributed by atoms with Crippen molar-refractivity contribution < 1.29 is 4.79 Å². The molecule has 2 N–H and O–H groups in total. The van der Waals surface area contributed by atoms with Gasteiger partial charge in [0.15, 0.2) is 5.13 Å². The number of H-pyrrole nitrogens is 1. The highest BCUT2D eigenvalue weighted by molar-refractivity contribution is 7.98. The lowest BCUT2D eigenvalue weighted by atomic mass is 10.1. The van der Waals surface area contributed by atoms with Crippen molar-refractivity contribution in [2.75, 3.05) is 11.6 Å². The Kier molecular flexibility index (Phi) is 4.79. The van der Waals surface area contributed by atoms with E-state index in [0.717, 1.165) is 11.3 Å². The van der Waals surface area contributed by atoms with Gasteiger partial charge in [0.25, 0.3) is 5.91 Å². The third kappa shape index (κ3) is 3.51. The Morgan fingerprint density at radius 1 is 1.15 bits per heavy atom. The normalized spacial score (nSPS) is 10.9. The van der Waals surface area contributed by atoms with E-state index >= 15 is 0 Å². The minimum Gasteiger partial charge on any atom is -0.360 e. The van der Waals surface area contributed by atoms with E-state index in [9.17, 15) is 9.59 Å². The SMILES string of the molecule is CSc1ccc(-c2csc(NC(=O)c3c[nH]c4ccccc4c3=O)n2)cc1. The van der Waals surface area contributed by atoms with Gasteiger partial charge < -0.3 is 4.98 Å². The molecule has 0 saturated heterocycles.